The predicted octanol–water partition coefficient (Wildman–Crippen LogP) is -1.02. The number of Topliss-reactive ketones (excluding diaryl/α,β-unsaturated/α-hetero) is 1. The summed E-state index contributed by atoms with van der Waals surface area (Å²) in [6, 6.07) is 0. The predicted molar refractivity (Wildman–Crippen MR) is 45.1 cm³/mol. The van der Waals surface area contributed by atoms with E-state index in [4.69, 9.17) is 5.73 Å². The number of carbonyl (C=O) groups excluding carboxylic acids is 1. The Morgan fingerprint density at radius 3 is 2.64 bits per heavy atom. The Labute approximate surface area is 67.0 Å². The van der Waals surface area contributed by atoms with Gasteiger partial charge in [-0.25, -0.2) is 4.99 Å². The number of ketones is 1. The van der Waals surface area contributed by atoms with E-state index < -0.39 is 0 Å². The average molecular weight is 155 g/mol. The van der Waals surface area contributed by atoms with E-state index >= 15 is 0 Å². The summed E-state index contributed by atoms with van der Waals surface area (Å²) in [7, 11) is 0. The van der Waals surface area contributed by atoms with Crippen LogP contribution in [-0.2, 0) is 4.79 Å². The van der Waals surface area contributed by atoms with E-state index in [1.165, 1.54) is 6.20 Å². The average Bonchev–Trinajstić information content (AvgIpc) is 1.87. The molecule has 0 saturated heterocycles. The van der Waals surface area contributed by atoms with Crippen LogP contribution in [0.3, 0.4) is 0 Å². The van der Waals surface area contributed by atoms with Gasteiger partial charge in [0, 0.05) is 19.2 Å². The topological polar surface area (TPSA) is 57.1 Å². The highest BCUT2D eigenvalue weighted by Crippen LogP contribution is 1.72. The van der Waals surface area contributed by atoms with Gasteiger partial charge in [-0.05, 0) is 6.92 Å². The van der Waals surface area contributed by atoms with E-state index in [1.807, 2.05) is 6.92 Å². The van der Waals surface area contributed by atoms with Crippen LogP contribution in [-0.4, -0.2) is 18.0 Å². The molecule has 0 fully saturated rings. The molecule has 0 heterocycles. The minimum atomic E-state index is 0.196. The Morgan fingerprint density at radius 2 is 2.18 bits per heavy atom. The van der Waals surface area contributed by atoms with Crippen LogP contribution in [0.5, 0.6) is 0 Å². The van der Waals surface area contributed by atoms with Crippen molar-refractivity contribution < 1.29 is 9.79 Å². The van der Waals surface area contributed by atoms with E-state index in [1.54, 1.807) is 13.0 Å². The van der Waals surface area contributed by atoms with E-state index in [2.05, 4.69) is 4.99 Å². The standard InChI is InChI=1S/C8H14N2O/c1-7(3-5-9)10-6-4-8(2)11/h3,5H,4,6,9H2,1-2H3/p+1. The summed E-state index contributed by atoms with van der Waals surface area (Å²) < 4.78 is 0. The Hall–Kier alpha value is -1.12. The van der Waals surface area contributed by atoms with Gasteiger partial charge in [0.05, 0.1) is 6.42 Å². The number of rotatable bonds is 4. The lowest BCUT2D eigenvalue weighted by Gasteiger charge is -1.85. The molecule has 0 unspecified atom stereocenters. The van der Waals surface area contributed by atoms with Crippen molar-refractivity contribution >= 4 is 11.5 Å². The molecule has 0 aliphatic heterocycles. The second-order valence-corrected chi connectivity index (χ2v) is 2.42. The normalized spacial score (nSPS) is 12.4. The van der Waals surface area contributed by atoms with Crippen LogP contribution >= 0.6 is 0 Å². The Balaban J connectivity index is 3.64. The van der Waals surface area contributed by atoms with Gasteiger partial charge in [-0.15, -0.1) is 0 Å². The number of carbonyl (C=O) groups is 1. The summed E-state index contributed by atoms with van der Waals surface area (Å²) >= 11 is 0. The third-order valence-corrected chi connectivity index (χ3v) is 1.23. The second kappa shape index (κ2) is 5.65. The van der Waals surface area contributed by atoms with Gasteiger partial charge in [0.2, 0.25) is 0 Å². The Morgan fingerprint density at radius 1 is 1.55 bits per heavy atom. The van der Waals surface area contributed by atoms with Crippen molar-refractivity contribution in [2.24, 2.45) is 5.73 Å². The first-order chi connectivity index (χ1) is 5.16. The number of hydrogen-bond donors (Lipinski definition) is 2. The van der Waals surface area contributed by atoms with Crippen LogP contribution in [0.15, 0.2) is 12.3 Å². The molecule has 3 N–H and O–H groups in total. The van der Waals surface area contributed by atoms with Gasteiger partial charge in [-0.3, -0.25) is 4.79 Å². The van der Waals surface area contributed by atoms with Crippen LogP contribution < -0.4 is 10.7 Å². The van der Waals surface area contributed by atoms with E-state index in [0.717, 1.165) is 5.71 Å². The van der Waals surface area contributed by atoms with Crippen molar-refractivity contribution in [3.63, 3.8) is 0 Å². The highest BCUT2D eigenvalue weighted by molar-refractivity contribution is 5.87. The molecule has 0 aliphatic carbocycles. The second-order valence-electron chi connectivity index (χ2n) is 2.42. The van der Waals surface area contributed by atoms with Gasteiger partial charge in [-0.2, -0.15) is 0 Å². The van der Waals surface area contributed by atoms with Crippen molar-refractivity contribution in [1.29, 1.82) is 0 Å². The van der Waals surface area contributed by atoms with Crippen LogP contribution in [0.1, 0.15) is 20.3 Å². The van der Waals surface area contributed by atoms with Crippen molar-refractivity contribution in [2.75, 3.05) is 6.54 Å². The maximum Gasteiger partial charge on any atom is 0.172 e. The zero-order valence-corrected chi connectivity index (χ0v) is 7.05. The third-order valence-electron chi connectivity index (χ3n) is 1.23. The first kappa shape index (κ1) is 9.88. The summed E-state index contributed by atoms with van der Waals surface area (Å²) in [5, 5.41) is 0. The van der Waals surface area contributed by atoms with Crippen molar-refractivity contribution in [1.82, 2.24) is 0 Å². The minimum absolute atomic E-state index is 0.196. The minimum Gasteiger partial charge on any atom is -0.404 e. The molecule has 0 atom stereocenters. The molecule has 3 nitrogen and oxygen atoms in total. The summed E-state index contributed by atoms with van der Waals surface area (Å²) in [6.45, 7) is 4.17. The molecule has 62 valence electrons. The molecule has 0 saturated carbocycles. The molecular formula is C8H15N2O+. The van der Waals surface area contributed by atoms with Crippen LogP contribution in [0.4, 0.5) is 0 Å². The summed E-state index contributed by atoms with van der Waals surface area (Å²) in [5.41, 5.74) is 6.13. The van der Waals surface area contributed by atoms with E-state index in [0.29, 0.717) is 13.0 Å². The molecule has 0 rings (SSSR count). The summed E-state index contributed by atoms with van der Waals surface area (Å²) in [4.78, 5) is 13.5. The van der Waals surface area contributed by atoms with Crippen LogP contribution in [0.2, 0.25) is 0 Å². The molecule has 11 heavy (non-hydrogen) atoms. The Kier molecular flexibility index (Phi) is 5.07. The molecule has 0 bridgehead atoms. The summed E-state index contributed by atoms with van der Waals surface area (Å²) in [5.74, 6) is 0.196. The van der Waals surface area contributed by atoms with Crippen molar-refractivity contribution in [3.05, 3.63) is 12.3 Å². The lowest BCUT2D eigenvalue weighted by Crippen LogP contribution is -2.72. The fourth-order valence-electron chi connectivity index (χ4n) is 0.639. The number of hydrogen-bond acceptors (Lipinski definition) is 2. The molecule has 0 radical (unpaired) electrons. The van der Waals surface area contributed by atoms with Crippen molar-refractivity contribution in [2.45, 2.75) is 20.3 Å². The lowest BCUT2D eigenvalue weighted by molar-refractivity contribution is -0.455. The van der Waals surface area contributed by atoms with Gasteiger partial charge in [0.25, 0.3) is 0 Å². The molecule has 0 aromatic carbocycles. The number of allylic oxidation sites excluding steroid dienone is 1. The van der Waals surface area contributed by atoms with E-state index in [9.17, 15) is 4.79 Å². The van der Waals surface area contributed by atoms with Gasteiger partial charge in [-0.1, -0.05) is 0 Å². The maximum absolute atomic E-state index is 10.5. The molecular weight excluding hydrogens is 140 g/mol. The monoisotopic (exact) mass is 155 g/mol. The zero-order chi connectivity index (χ0) is 8.69. The quantitative estimate of drug-likeness (QED) is 0.510. The van der Waals surface area contributed by atoms with Gasteiger partial charge < -0.3 is 5.73 Å². The number of nitrogens with two attached hydrogens (primary N) is 1. The van der Waals surface area contributed by atoms with Gasteiger partial charge >= 0.3 is 0 Å². The first-order valence-corrected chi connectivity index (χ1v) is 3.62. The van der Waals surface area contributed by atoms with Crippen LogP contribution in [0, 0.1) is 0 Å². The summed E-state index contributed by atoms with van der Waals surface area (Å²) in [6.07, 6.45) is 3.80. The van der Waals surface area contributed by atoms with Crippen LogP contribution in [0.25, 0.3) is 0 Å². The van der Waals surface area contributed by atoms with Gasteiger partial charge in [0.15, 0.2) is 5.71 Å². The lowest BCUT2D eigenvalue weighted by atomic mass is 10.3. The van der Waals surface area contributed by atoms with E-state index in [-0.39, 0.29) is 5.78 Å². The molecule has 0 aliphatic rings. The molecule has 0 aromatic rings. The number of nitrogens with one attached hydrogen (secondary N) is 1. The maximum atomic E-state index is 10.5. The molecule has 0 aromatic heterocycles. The molecule has 0 amide bonds. The zero-order valence-electron chi connectivity index (χ0n) is 7.05. The van der Waals surface area contributed by atoms with Gasteiger partial charge in [0.1, 0.15) is 12.3 Å². The molecule has 3 heteroatoms. The largest absolute Gasteiger partial charge is 0.404 e. The fraction of sp³-hybridized carbons (Fsp3) is 0.500. The third kappa shape index (κ3) is 6.77. The molecule has 0 spiro atoms. The smallest absolute Gasteiger partial charge is 0.172 e. The fourth-order valence-corrected chi connectivity index (χ4v) is 0.639. The van der Waals surface area contributed by atoms with Crippen molar-refractivity contribution in [3.8, 4) is 0 Å². The highest BCUT2D eigenvalue weighted by Gasteiger charge is 1.95. The first-order valence-electron chi connectivity index (χ1n) is 3.62. The highest BCUT2D eigenvalue weighted by atomic mass is 16.1. The Bertz CT molecular complexity index is 183. The SMILES string of the molecule is CC(=O)CC[NH+]=C(C)C=CN.